The van der Waals surface area contributed by atoms with Crippen LogP contribution in [0, 0.1) is 0 Å². The summed E-state index contributed by atoms with van der Waals surface area (Å²) < 4.78 is 32.1. The fraction of sp³-hybridized carbons (Fsp3) is 0.333. The Morgan fingerprint density at radius 2 is 1.81 bits per heavy atom. The third-order valence-electron chi connectivity index (χ3n) is 3.57. The second kappa shape index (κ2) is 9.88. The molecular weight excluding hydrogens is 354 g/mol. The normalized spacial score (nSPS) is 11.1. The van der Waals surface area contributed by atoms with Crippen molar-refractivity contribution in [2.45, 2.75) is 31.2 Å². The van der Waals surface area contributed by atoms with Crippen molar-refractivity contribution in [3.05, 3.63) is 54.4 Å². The number of rotatable bonds is 10. The number of amides is 1. The number of nitrogens with one attached hydrogen (secondary N) is 2. The van der Waals surface area contributed by atoms with Crippen molar-refractivity contribution in [3.63, 3.8) is 0 Å². The van der Waals surface area contributed by atoms with Crippen molar-refractivity contribution in [2.24, 2.45) is 0 Å². The zero-order chi connectivity index (χ0) is 18.8. The summed E-state index contributed by atoms with van der Waals surface area (Å²) in [6, 6.07) is 9.61. The minimum atomic E-state index is -3.51. The maximum atomic E-state index is 12.1. The first-order valence-corrected chi connectivity index (χ1v) is 9.87. The molecular formula is C18H23N3O4S. The number of pyridine rings is 1. The fourth-order valence-corrected chi connectivity index (χ4v) is 3.16. The minimum Gasteiger partial charge on any atom is -0.484 e. The Kier molecular flexibility index (Phi) is 7.55. The quantitative estimate of drug-likeness (QED) is 0.616. The minimum absolute atomic E-state index is 0.147. The van der Waals surface area contributed by atoms with Crippen LogP contribution in [-0.2, 0) is 21.4 Å². The van der Waals surface area contributed by atoms with Gasteiger partial charge in [0.1, 0.15) is 5.75 Å². The van der Waals surface area contributed by atoms with E-state index in [1.807, 2.05) is 19.1 Å². The van der Waals surface area contributed by atoms with E-state index in [-0.39, 0.29) is 17.4 Å². The largest absolute Gasteiger partial charge is 0.484 e. The molecule has 2 aromatic rings. The summed E-state index contributed by atoms with van der Waals surface area (Å²) in [6.45, 7) is 2.65. The molecule has 0 saturated heterocycles. The van der Waals surface area contributed by atoms with Gasteiger partial charge in [0.25, 0.3) is 5.91 Å². The van der Waals surface area contributed by atoms with Crippen molar-refractivity contribution >= 4 is 15.9 Å². The number of hydrogen-bond donors (Lipinski definition) is 2. The first-order valence-electron chi connectivity index (χ1n) is 8.39. The lowest BCUT2D eigenvalue weighted by molar-refractivity contribution is -0.123. The van der Waals surface area contributed by atoms with Gasteiger partial charge in [0.05, 0.1) is 4.90 Å². The first kappa shape index (κ1) is 19.9. The van der Waals surface area contributed by atoms with Crippen molar-refractivity contribution in [2.75, 3.05) is 13.2 Å². The van der Waals surface area contributed by atoms with Gasteiger partial charge in [0.2, 0.25) is 10.0 Å². The van der Waals surface area contributed by atoms with Crippen LogP contribution < -0.4 is 14.8 Å². The lowest BCUT2D eigenvalue weighted by Gasteiger charge is -2.09. The van der Waals surface area contributed by atoms with Gasteiger partial charge in [0.15, 0.2) is 6.61 Å². The van der Waals surface area contributed by atoms with Gasteiger partial charge >= 0.3 is 0 Å². The van der Waals surface area contributed by atoms with Crippen molar-refractivity contribution < 1.29 is 17.9 Å². The second-order valence-corrected chi connectivity index (χ2v) is 7.41. The van der Waals surface area contributed by atoms with Crippen LogP contribution in [0.15, 0.2) is 53.7 Å². The second-order valence-electron chi connectivity index (χ2n) is 5.64. The van der Waals surface area contributed by atoms with E-state index in [9.17, 15) is 13.2 Å². The number of ether oxygens (including phenoxy) is 1. The van der Waals surface area contributed by atoms with Crippen molar-refractivity contribution in [1.82, 2.24) is 15.0 Å². The van der Waals surface area contributed by atoms with Crippen LogP contribution in [-0.4, -0.2) is 32.5 Å². The lowest BCUT2D eigenvalue weighted by atomic mass is 10.3. The first-order chi connectivity index (χ1) is 12.5. The Hall–Kier alpha value is -2.45. The maximum Gasteiger partial charge on any atom is 0.258 e. The molecule has 1 aromatic heterocycles. The van der Waals surface area contributed by atoms with Gasteiger partial charge in [-0.2, -0.15) is 0 Å². The van der Waals surface area contributed by atoms with E-state index in [1.54, 1.807) is 12.4 Å². The summed E-state index contributed by atoms with van der Waals surface area (Å²) in [5, 5.41) is 2.74. The topological polar surface area (TPSA) is 97.4 Å². The van der Waals surface area contributed by atoms with Crippen molar-refractivity contribution in [1.29, 1.82) is 0 Å². The van der Waals surface area contributed by atoms with Crippen LogP contribution in [0.25, 0.3) is 0 Å². The van der Waals surface area contributed by atoms with E-state index in [0.29, 0.717) is 18.8 Å². The molecule has 0 aliphatic heterocycles. The molecule has 7 nitrogen and oxygen atoms in total. The molecule has 1 amide bonds. The Labute approximate surface area is 153 Å². The van der Waals surface area contributed by atoms with E-state index in [1.165, 1.54) is 24.3 Å². The van der Waals surface area contributed by atoms with E-state index >= 15 is 0 Å². The highest BCUT2D eigenvalue weighted by Gasteiger charge is 2.13. The van der Waals surface area contributed by atoms with Gasteiger partial charge in [0, 0.05) is 25.5 Å². The summed E-state index contributed by atoms with van der Waals surface area (Å²) in [4.78, 5) is 15.9. The predicted octanol–water partition coefficient (Wildman–Crippen LogP) is 1.86. The summed E-state index contributed by atoms with van der Waals surface area (Å²) in [7, 11) is -3.51. The highest BCUT2D eigenvalue weighted by Crippen LogP contribution is 2.15. The van der Waals surface area contributed by atoms with Crippen LogP contribution >= 0.6 is 0 Å². The monoisotopic (exact) mass is 377 g/mol. The van der Waals surface area contributed by atoms with Gasteiger partial charge in [-0.1, -0.05) is 13.3 Å². The van der Waals surface area contributed by atoms with E-state index in [2.05, 4.69) is 15.0 Å². The Balaban J connectivity index is 1.80. The number of hydrogen-bond acceptors (Lipinski definition) is 5. The summed E-state index contributed by atoms with van der Waals surface area (Å²) in [6.07, 6.45) is 5.02. The standard InChI is InChI=1S/C18H23N3O4S/c1-2-3-10-21-26(23,24)17-6-4-16(5-7-17)25-14-18(22)20-13-15-8-11-19-12-9-15/h4-9,11-12,21H,2-3,10,13-14H2,1H3,(H,20,22). The molecule has 2 rings (SSSR count). The number of benzene rings is 1. The van der Waals surface area contributed by atoms with Crippen LogP contribution in [0.5, 0.6) is 5.75 Å². The SMILES string of the molecule is CCCCNS(=O)(=O)c1ccc(OCC(=O)NCc2ccncc2)cc1. The van der Waals surface area contributed by atoms with E-state index in [0.717, 1.165) is 18.4 Å². The number of carbonyl (C=O) groups excluding carboxylic acids is 1. The van der Waals surface area contributed by atoms with Gasteiger partial charge in [-0.05, 0) is 48.4 Å². The molecule has 0 bridgehead atoms. The molecule has 0 aliphatic rings. The van der Waals surface area contributed by atoms with Crippen LogP contribution in [0.1, 0.15) is 25.3 Å². The molecule has 1 heterocycles. The number of unbranched alkanes of at least 4 members (excludes halogenated alkanes) is 1. The van der Waals surface area contributed by atoms with E-state index < -0.39 is 10.0 Å². The number of carbonyl (C=O) groups is 1. The summed E-state index contributed by atoms with van der Waals surface area (Å²) >= 11 is 0. The zero-order valence-corrected chi connectivity index (χ0v) is 15.5. The third kappa shape index (κ3) is 6.45. The molecule has 8 heteroatoms. The number of nitrogens with zero attached hydrogens (tertiary/aromatic N) is 1. The molecule has 0 saturated carbocycles. The molecule has 0 fully saturated rings. The molecule has 0 aliphatic carbocycles. The molecule has 0 spiro atoms. The Morgan fingerprint density at radius 1 is 1.12 bits per heavy atom. The van der Waals surface area contributed by atoms with Crippen LogP contribution in [0.3, 0.4) is 0 Å². The lowest BCUT2D eigenvalue weighted by Crippen LogP contribution is -2.28. The Bertz CT molecular complexity index is 793. The highest BCUT2D eigenvalue weighted by atomic mass is 32.2. The maximum absolute atomic E-state index is 12.1. The highest BCUT2D eigenvalue weighted by molar-refractivity contribution is 7.89. The van der Waals surface area contributed by atoms with Crippen LogP contribution in [0.4, 0.5) is 0 Å². The molecule has 26 heavy (non-hydrogen) atoms. The van der Waals surface area contributed by atoms with Gasteiger partial charge in [-0.25, -0.2) is 13.1 Å². The average molecular weight is 377 g/mol. The average Bonchev–Trinajstić information content (AvgIpc) is 2.66. The van der Waals surface area contributed by atoms with Gasteiger partial charge in [-0.15, -0.1) is 0 Å². The smallest absolute Gasteiger partial charge is 0.258 e. The van der Waals surface area contributed by atoms with E-state index in [4.69, 9.17) is 4.74 Å². The molecule has 0 radical (unpaired) electrons. The zero-order valence-electron chi connectivity index (χ0n) is 14.6. The molecule has 0 atom stereocenters. The van der Waals surface area contributed by atoms with Gasteiger partial charge < -0.3 is 10.1 Å². The molecule has 2 N–H and O–H groups in total. The molecule has 1 aromatic carbocycles. The predicted molar refractivity (Wildman–Crippen MR) is 98.1 cm³/mol. The molecule has 140 valence electrons. The molecule has 0 unspecified atom stereocenters. The van der Waals surface area contributed by atoms with Gasteiger partial charge in [-0.3, -0.25) is 9.78 Å². The fourth-order valence-electron chi connectivity index (χ4n) is 2.08. The summed E-state index contributed by atoms with van der Waals surface area (Å²) in [5.74, 6) is 0.163. The number of sulfonamides is 1. The van der Waals surface area contributed by atoms with Crippen molar-refractivity contribution in [3.8, 4) is 5.75 Å². The Morgan fingerprint density at radius 3 is 2.46 bits per heavy atom. The third-order valence-corrected chi connectivity index (χ3v) is 5.04. The number of aromatic nitrogens is 1. The van der Waals surface area contributed by atoms with Crippen LogP contribution in [0.2, 0.25) is 0 Å². The summed E-state index contributed by atoms with van der Waals surface area (Å²) in [5.41, 5.74) is 0.943.